The Kier molecular flexibility index (Phi) is 7.74. The van der Waals surface area contributed by atoms with Crippen LogP contribution < -0.4 is 10.6 Å². The predicted molar refractivity (Wildman–Crippen MR) is 107 cm³/mol. The highest BCUT2D eigenvalue weighted by Crippen LogP contribution is 2.16. The number of nitrogens with zero attached hydrogens (tertiary/aromatic N) is 2. The summed E-state index contributed by atoms with van der Waals surface area (Å²) in [5.74, 6) is -0.631. The van der Waals surface area contributed by atoms with Crippen molar-refractivity contribution in [3.63, 3.8) is 0 Å². The molecule has 1 atom stereocenters. The molecule has 152 valence electrons. The molecule has 1 unspecified atom stereocenters. The van der Waals surface area contributed by atoms with Crippen LogP contribution in [0.3, 0.4) is 0 Å². The van der Waals surface area contributed by atoms with Crippen LogP contribution >= 0.6 is 11.3 Å². The number of aromatic nitrogens is 1. The maximum atomic E-state index is 12.5. The summed E-state index contributed by atoms with van der Waals surface area (Å²) in [5.41, 5.74) is 0.591. The molecular weight excluding hydrogens is 380 g/mol. The number of nitrogens with one attached hydrogen (secondary N) is 2. The third kappa shape index (κ3) is 6.19. The molecule has 0 saturated heterocycles. The number of furan rings is 1. The molecule has 0 radical (unpaired) electrons. The van der Waals surface area contributed by atoms with Crippen LogP contribution in [0.15, 0.2) is 28.2 Å². The number of hydrogen-bond donors (Lipinski definition) is 2. The van der Waals surface area contributed by atoms with Crippen molar-refractivity contribution in [3.05, 3.63) is 35.2 Å². The SMILES string of the molecule is CCC(C)NC(=O)Cc1csc(NC(=O)CN(C(=O)c2ccco2)C(C)C)n1. The fraction of sp³-hybridized carbons (Fsp3) is 0.474. The van der Waals surface area contributed by atoms with E-state index in [9.17, 15) is 14.4 Å². The molecule has 0 spiro atoms. The van der Waals surface area contributed by atoms with E-state index in [4.69, 9.17) is 4.42 Å². The Labute approximate surface area is 168 Å². The van der Waals surface area contributed by atoms with Crippen LogP contribution in [0.4, 0.5) is 5.13 Å². The van der Waals surface area contributed by atoms with Crippen molar-refractivity contribution in [2.45, 2.75) is 52.6 Å². The fourth-order valence-corrected chi connectivity index (χ4v) is 3.11. The Morgan fingerprint density at radius 3 is 2.61 bits per heavy atom. The van der Waals surface area contributed by atoms with E-state index in [1.165, 1.54) is 22.5 Å². The molecule has 3 amide bonds. The highest BCUT2D eigenvalue weighted by atomic mass is 32.1. The second-order valence-corrected chi connectivity index (χ2v) is 7.61. The van der Waals surface area contributed by atoms with Gasteiger partial charge in [-0.2, -0.15) is 0 Å². The lowest BCUT2D eigenvalue weighted by Gasteiger charge is -2.24. The number of carbonyl (C=O) groups excluding carboxylic acids is 3. The Bertz CT molecular complexity index is 801. The topological polar surface area (TPSA) is 105 Å². The molecule has 8 nitrogen and oxygen atoms in total. The van der Waals surface area contributed by atoms with Gasteiger partial charge in [-0.1, -0.05) is 6.92 Å². The van der Waals surface area contributed by atoms with E-state index in [1.807, 2.05) is 27.7 Å². The van der Waals surface area contributed by atoms with Gasteiger partial charge in [0.15, 0.2) is 10.9 Å². The quantitative estimate of drug-likeness (QED) is 0.666. The van der Waals surface area contributed by atoms with Crippen molar-refractivity contribution in [1.29, 1.82) is 0 Å². The van der Waals surface area contributed by atoms with Gasteiger partial charge in [0.05, 0.1) is 18.4 Å². The van der Waals surface area contributed by atoms with E-state index in [1.54, 1.807) is 17.5 Å². The summed E-state index contributed by atoms with van der Waals surface area (Å²) < 4.78 is 5.13. The molecule has 0 aliphatic heterocycles. The number of hydrogen-bond acceptors (Lipinski definition) is 6. The van der Waals surface area contributed by atoms with E-state index in [0.29, 0.717) is 10.8 Å². The van der Waals surface area contributed by atoms with Gasteiger partial charge in [0.25, 0.3) is 5.91 Å². The normalized spacial score (nSPS) is 11.9. The van der Waals surface area contributed by atoms with Crippen molar-refractivity contribution in [3.8, 4) is 0 Å². The summed E-state index contributed by atoms with van der Waals surface area (Å²) in [6.07, 6.45) is 2.43. The molecule has 2 aromatic rings. The minimum atomic E-state index is -0.362. The lowest BCUT2D eigenvalue weighted by atomic mass is 10.2. The van der Waals surface area contributed by atoms with Crippen LogP contribution in [0.5, 0.6) is 0 Å². The van der Waals surface area contributed by atoms with E-state index in [-0.39, 0.29) is 48.5 Å². The summed E-state index contributed by atoms with van der Waals surface area (Å²) in [6.45, 7) is 7.46. The molecule has 28 heavy (non-hydrogen) atoms. The number of anilines is 1. The van der Waals surface area contributed by atoms with Gasteiger partial charge in [-0.15, -0.1) is 11.3 Å². The summed E-state index contributed by atoms with van der Waals surface area (Å²) in [6, 6.07) is 3.12. The van der Waals surface area contributed by atoms with Crippen molar-refractivity contribution in [2.75, 3.05) is 11.9 Å². The standard InChI is InChI=1S/C19H26N4O4S/c1-5-13(4)20-16(24)9-14-11-28-19(21-14)22-17(25)10-23(12(2)3)18(26)15-7-6-8-27-15/h6-8,11-13H,5,9-10H2,1-4H3,(H,20,24)(H,21,22,25). The highest BCUT2D eigenvalue weighted by molar-refractivity contribution is 7.13. The van der Waals surface area contributed by atoms with Crippen LogP contribution in [0, 0.1) is 0 Å². The van der Waals surface area contributed by atoms with Gasteiger partial charge in [-0.25, -0.2) is 4.98 Å². The van der Waals surface area contributed by atoms with Gasteiger partial charge >= 0.3 is 0 Å². The summed E-state index contributed by atoms with van der Waals surface area (Å²) in [5, 5.41) is 7.69. The van der Waals surface area contributed by atoms with Crippen molar-refractivity contribution < 1.29 is 18.8 Å². The molecule has 0 aromatic carbocycles. The Hall–Kier alpha value is -2.68. The number of amides is 3. The van der Waals surface area contributed by atoms with Crippen LogP contribution in [-0.2, 0) is 16.0 Å². The van der Waals surface area contributed by atoms with E-state index >= 15 is 0 Å². The molecule has 2 heterocycles. The first-order chi connectivity index (χ1) is 13.3. The average molecular weight is 407 g/mol. The molecule has 0 bridgehead atoms. The van der Waals surface area contributed by atoms with Crippen LogP contribution in [0.2, 0.25) is 0 Å². The average Bonchev–Trinajstić information content (AvgIpc) is 3.30. The van der Waals surface area contributed by atoms with Gasteiger partial charge in [0.2, 0.25) is 11.8 Å². The van der Waals surface area contributed by atoms with Gasteiger partial charge in [0, 0.05) is 17.5 Å². The molecule has 2 N–H and O–H groups in total. The smallest absolute Gasteiger partial charge is 0.290 e. The van der Waals surface area contributed by atoms with Gasteiger partial charge < -0.3 is 20.0 Å². The van der Waals surface area contributed by atoms with Gasteiger partial charge in [-0.3, -0.25) is 14.4 Å². The third-order valence-corrected chi connectivity index (χ3v) is 4.90. The first kappa shape index (κ1) is 21.6. The molecule has 0 aliphatic rings. The zero-order valence-electron chi connectivity index (χ0n) is 16.5. The Morgan fingerprint density at radius 1 is 1.25 bits per heavy atom. The van der Waals surface area contributed by atoms with Crippen molar-refractivity contribution >= 4 is 34.2 Å². The maximum Gasteiger partial charge on any atom is 0.290 e. The van der Waals surface area contributed by atoms with Crippen molar-refractivity contribution in [1.82, 2.24) is 15.2 Å². The number of thiazole rings is 1. The zero-order valence-corrected chi connectivity index (χ0v) is 17.3. The molecule has 0 saturated carbocycles. The number of rotatable bonds is 9. The minimum absolute atomic E-state index is 0.104. The predicted octanol–water partition coefficient (Wildman–Crippen LogP) is 2.68. The molecule has 0 aliphatic carbocycles. The van der Waals surface area contributed by atoms with Gasteiger partial charge in [-0.05, 0) is 39.3 Å². The Morgan fingerprint density at radius 2 is 2.00 bits per heavy atom. The van der Waals surface area contributed by atoms with Crippen LogP contribution in [0.25, 0.3) is 0 Å². The number of carbonyl (C=O) groups is 3. The lowest BCUT2D eigenvalue weighted by Crippen LogP contribution is -2.42. The first-order valence-corrected chi connectivity index (χ1v) is 10.1. The molecular formula is C19H26N4O4S. The second kappa shape index (κ2) is 10.0. The van der Waals surface area contributed by atoms with E-state index < -0.39 is 0 Å². The Balaban J connectivity index is 1.92. The van der Waals surface area contributed by atoms with Crippen molar-refractivity contribution in [2.24, 2.45) is 0 Å². The molecule has 2 rings (SSSR count). The molecule has 0 fully saturated rings. The third-order valence-electron chi connectivity index (χ3n) is 4.09. The monoisotopic (exact) mass is 406 g/mol. The van der Waals surface area contributed by atoms with E-state index in [2.05, 4.69) is 15.6 Å². The highest BCUT2D eigenvalue weighted by Gasteiger charge is 2.24. The lowest BCUT2D eigenvalue weighted by molar-refractivity contribution is -0.121. The summed E-state index contributed by atoms with van der Waals surface area (Å²) in [7, 11) is 0. The van der Waals surface area contributed by atoms with Crippen LogP contribution in [0.1, 0.15) is 50.4 Å². The molecule has 9 heteroatoms. The first-order valence-electron chi connectivity index (χ1n) is 9.18. The second-order valence-electron chi connectivity index (χ2n) is 6.75. The zero-order chi connectivity index (χ0) is 20.7. The van der Waals surface area contributed by atoms with Crippen LogP contribution in [-0.4, -0.2) is 46.2 Å². The fourth-order valence-electron chi connectivity index (χ4n) is 2.38. The molecule has 2 aromatic heterocycles. The summed E-state index contributed by atoms with van der Waals surface area (Å²) in [4.78, 5) is 42.5. The van der Waals surface area contributed by atoms with E-state index in [0.717, 1.165) is 6.42 Å². The summed E-state index contributed by atoms with van der Waals surface area (Å²) >= 11 is 1.24. The minimum Gasteiger partial charge on any atom is -0.459 e. The van der Waals surface area contributed by atoms with Gasteiger partial charge in [0.1, 0.15) is 6.54 Å². The maximum absolute atomic E-state index is 12.5. The largest absolute Gasteiger partial charge is 0.459 e.